The highest BCUT2D eigenvalue weighted by Gasteiger charge is 2.36. The van der Waals surface area contributed by atoms with Crippen molar-refractivity contribution in [2.75, 3.05) is 35.8 Å². The Bertz CT molecular complexity index is 3880. The molecule has 1 fully saturated rings. The van der Waals surface area contributed by atoms with Gasteiger partial charge in [0.15, 0.2) is 6.29 Å². The van der Waals surface area contributed by atoms with Crippen LogP contribution in [0.2, 0.25) is 0 Å². The normalized spacial score (nSPS) is 12.8. The molecule has 30 heteroatoms. The van der Waals surface area contributed by atoms with E-state index in [1.54, 1.807) is 60.3 Å². The van der Waals surface area contributed by atoms with Gasteiger partial charge in [0.05, 0.1) is 37.8 Å². The lowest BCUT2D eigenvalue weighted by molar-refractivity contribution is -0.142. The molecule has 1 aliphatic rings. The molecule has 0 bridgehead atoms. The van der Waals surface area contributed by atoms with Crippen LogP contribution >= 0.6 is 0 Å². The van der Waals surface area contributed by atoms with E-state index in [0.717, 1.165) is 49.2 Å². The SMILES string of the molecule is CCOc1cc2nc(C(O)C3CC3)cn2cc1NC(=O)c1cccc(C(F)(F)F)n1.CCOc1cc2nc(C=O)cn2cc1NC(=O)c1cccc(C(F)(F)F)n1.CCOc1cc2nc(CO)cn2cc1NC(=O)c1cccc(C(F)(F)F)n1. The number of nitrogens with one attached hydrogen (secondary N) is 3. The largest absolute Gasteiger partial charge is 0.491 e. The molecule has 440 valence electrons. The molecule has 1 unspecified atom stereocenters. The summed E-state index contributed by atoms with van der Waals surface area (Å²) in [7, 11) is 0. The molecule has 10 rings (SSSR count). The Morgan fingerprint density at radius 3 is 1.29 bits per heavy atom. The molecule has 1 aliphatic carbocycles. The summed E-state index contributed by atoms with van der Waals surface area (Å²) in [6, 6.07) is 13.9. The van der Waals surface area contributed by atoms with Crippen molar-refractivity contribution < 1.29 is 83.1 Å². The summed E-state index contributed by atoms with van der Waals surface area (Å²) >= 11 is 0. The van der Waals surface area contributed by atoms with E-state index in [0.29, 0.717) is 59.3 Å². The second-order valence-electron chi connectivity index (χ2n) is 18.0. The van der Waals surface area contributed by atoms with Crippen molar-refractivity contribution in [2.45, 2.75) is 64.9 Å². The fourth-order valence-electron chi connectivity index (χ4n) is 7.89. The second-order valence-corrected chi connectivity index (χ2v) is 18.0. The average Bonchev–Trinajstić information content (AvgIpc) is 3.02. The molecule has 21 nitrogen and oxygen atoms in total. The highest BCUT2D eigenvalue weighted by molar-refractivity contribution is 6.05. The van der Waals surface area contributed by atoms with Crippen LogP contribution in [-0.4, -0.2) is 97.1 Å². The van der Waals surface area contributed by atoms with Crippen molar-refractivity contribution in [3.63, 3.8) is 0 Å². The minimum Gasteiger partial charge on any atom is -0.491 e. The number of carbonyl (C=O) groups is 4. The third-order valence-corrected chi connectivity index (χ3v) is 11.9. The van der Waals surface area contributed by atoms with Gasteiger partial charge in [-0.05, 0) is 75.9 Å². The van der Waals surface area contributed by atoms with Gasteiger partial charge >= 0.3 is 18.5 Å². The summed E-state index contributed by atoms with van der Waals surface area (Å²) in [6.45, 7) is 5.86. The number of carbonyl (C=O) groups excluding carboxylic acids is 4. The first kappa shape index (κ1) is 60.4. The van der Waals surface area contributed by atoms with Crippen LogP contribution in [-0.2, 0) is 25.1 Å². The number of pyridine rings is 6. The Labute approximate surface area is 468 Å². The summed E-state index contributed by atoms with van der Waals surface area (Å²) in [5, 5.41) is 27.0. The number of alkyl halides is 9. The van der Waals surface area contributed by atoms with Crippen molar-refractivity contribution in [1.29, 1.82) is 0 Å². The minimum absolute atomic E-state index is 0.181. The number of aromatic nitrogens is 9. The maximum absolute atomic E-state index is 12.9. The van der Waals surface area contributed by atoms with Gasteiger partial charge in [0, 0.05) is 55.4 Å². The predicted octanol–water partition coefficient (Wildman–Crippen LogP) is 9.95. The van der Waals surface area contributed by atoms with Gasteiger partial charge in [-0.2, -0.15) is 39.5 Å². The summed E-state index contributed by atoms with van der Waals surface area (Å²) in [6.07, 6.45) is -3.00. The Hall–Kier alpha value is -9.71. The Morgan fingerprint density at radius 2 is 0.929 bits per heavy atom. The number of hydrogen-bond donors (Lipinski definition) is 5. The smallest absolute Gasteiger partial charge is 0.433 e. The van der Waals surface area contributed by atoms with Crippen LogP contribution in [0.5, 0.6) is 17.2 Å². The lowest BCUT2D eigenvalue weighted by Crippen LogP contribution is -2.17. The van der Waals surface area contributed by atoms with Gasteiger partial charge < -0.3 is 53.6 Å². The predicted molar refractivity (Wildman–Crippen MR) is 280 cm³/mol. The van der Waals surface area contributed by atoms with E-state index in [4.69, 9.17) is 14.2 Å². The number of aldehydes is 1. The average molecular weight is 1180 g/mol. The third kappa shape index (κ3) is 14.7. The zero-order chi connectivity index (χ0) is 60.7. The van der Waals surface area contributed by atoms with Gasteiger partial charge in [0.1, 0.15) is 97.2 Å². The van der Waals surface area contributed by atoms with Crippen LogP contribution in [0.25, 0.3) is 16.9 Å². The molecule has 1 saturated carbocycles. The van der Waals surface area contributed by atoms with Crippen molar-refractivity contribution >= 4 is 58.0 Å². The maximum atomic E-state index is 12.9. The fourth-order valence-corrected chi connectivity index (χ4v) is 7.89. The molecule has 84 heavy (non-hydrogen) atoms. The summed E-state index contributed by atoms with van der Waals surface area (Å²) < 4.78 is 136. The second kappa shape index (κ2) is 25.2. The van der Waals surface area contributed by atoms with Gasteiger partial charge in [-0.1, -0.05) is 18.2 Å². The van der Waals surface area contributed by atoms with Crippen LogP contribution < -0.4 is 30.2 Å². The van der Waals surface area contributed by atoms with E-state index >= 15 is 0 Å². The Kier molecular flexibility index (Phi) is 18.1. The van der Waals surface area contributed by atoms with Gasteiger partial charge in [-0.15, -0.1) is 0 Å². The van der Waals surface area contributed by atoms with E-state index in [-0.39, 0.29) is 59.0 Å². The summed E-state index contributed by atoms with van der Waals surface area (Å²) in [5.74, 6) is -1.40. The van der Waals surface area contributed by atoms with Crippen LogP contribution in [0.3, 0.4) is 0 Å². The molecular formula is C54H47F9N12O9. The zero-order valence-electron chi connectivity index (χ0n) is 44.0. The van der Waals surface area contributed by atoms with Gasteiger partial charge in [-0.25, -0.2) is 29.9 Å². The number of aliphatic hydroxyl groups is 2. The van der Waals surface area contributed by atoms with Crippen LogP contribution in [0.4, 0.5) is 56.6 Å². The molecule has 5 N–H and O–H groups in total. The molecule has 3 amide bonds. The molecule has 0 aromatic carbocycles. The van der Waals surface area contributed by atoms with Crippen molar-refractivity contribution in [3.05, 3.63) is 161 Å². The monoisotopic (exact) mass is 1180 g/mol. The van der Waals surface area contributed by atoms with E-state index in [9.17, 15) is 68.9 Å². The molecule has 0 spiro atoms. The number of hydrogen-bond acceptors (Lipinski definition) is 15. The van der Waals surface area contributed by atoms with Crippen molar-refractivity contribution in [1.82, 2.24) is 43.1 Å². The molecule has 9 heterocycles. The minimum atomic E-state index is -4.66. The van der Waals surface area contributed by atoms with Crippen LogP contribution in [0.1, 0.15) is 110 Å². The molecule has 0 saturated heterocycles. The summed E-state index contributed by atoms with van der Waals surface area (Å²) in [4.78, 5) is 70.9. The summed E-state index contributed by atoms with van der Waals surface area (Å²) in [5.41, 5.74) is -1.41. The first-order valence-electron chi connectivity index (χ1n) is 25.2. The number of imidazole rings is 3. The molecule has 0 aliphatic heterocycles. The first-order valence-corrected chi connectivity index (χ1v) is 25.2. The maximum Gasteiger partial charge on any atom is 0.433 e. The topological polar surface area (TPSA) is 263 Å². The lowest BCUT2D eigenvalue weighted by atomic mass is 10.2. The fraction of sp³-hybridized carbons (Fsp3) is 0.259. The number of ether oxygens (including phenoxy) is 3. The number of rotatable bonds is 16. The molecule has 0 radical (unpaired) electrons. The van der Waals surface area contributed by atoms with E-state index in [1.165, 1.54) is 47.3 Å². The molecule has 9 aromatic rings. The number of aliphatic hydroxyl groups excluding tert-OH is 2. The molecule has 9 aromatic heterocycles. The number of amides is 3. The number of halogens is 9. The number of fused-ring (bicyclic) bond motifs is 3. The van der Waals surface area contributed by atoms with Crippen molar-refractivity contribution in [3.8, 4) is 17.2 Å². The third-order valence-electron chi connectivity index (χ3n) is 11.9. The Morgan fingerprint density at radius 1 is 0.560 bits per heavy atom. The van der Waals surface area contributed by atoms with Crippen LogP contribution in [0, 0.1) is 5.92 Å². The number of anilines is 3. The van der Waals surface area contributed by atoms with E-state index in [2.05, 4.69) is 45.9 Å². The van der Waals surface area contributed by atoms with E-state index in [1.807, 2.05) is 0 Å². The standard InChI is InChI=1S/C20H19F3N4O3.C17H15F3N4O3.C17H13F3N4O3/c1-2-30-15-8-17-25-14(18(28)11-6-7-11)10-27(17)9-13(15)26-19(29)12-4-3-5-16(24-12)20(21,22)23;2*1-2-27-13-6-15-21-10(9-25)7-24(15)8-12(13)23-16(26)11-4-3-5-14(22-11)17(18,19)20/h3-5,8-11,18,28H,2,6-7H2,1H3,(H,26,29);3-8,25H,2,9H2,1H3,(H,23,26);3-9H,2H2,1H3,(H,23,26). The molecular weight excluding hydrogens is 1130 g/mol. The highest BCUT2D eigenvalue weighted by Crippen LogP contribution is 2.41. The van der Waals surface area contributed by atoms with Crippen LogP contribution in [0.15, 0.2) is 110 Å². The highest BCUT2D eigenvalue weighted by atomic mass is 19.4. The van der Waals surface area contributed by atoms with Gasteiger partial charge in [-0.3, -0.25) is 19.2 Å². The quantitative estimate of drug-likeness (QED) is 0.0445. The molecule has 1 atom stereocenters. The van der Waals surface area contributed by atoms with Crippen molar-refractivity contribution in [2.24, 2.45) is 5.92 Å². The zero-order valence-corrected chi connectivity index (χ0v) is 44.0. The lowest BCUT2D eigenvalue weighted by Gasteiger charge is -2.12. The first-order chi connectivity index (χ1) is 39.9. The van der Waals surface area contributed by atoms with Gasteiger partial charge in [0.25, 0.3) is 17.7 Å². The van der Waals surface area contributed by atoms with Gasteiger partial charge in [0.2, 0.25) is 0 Å². The van der Waals surface area contributed by atoms with E-state index < -0.39 is 65.1 Å². The Balaban J connectivity index is 0.000000165. The number of nitrogens with zero attached hydrogens (tertiary/aromatic N) is 9.